The smallest absolute Gasteiger partial charge is 0.219 e. The third-order valence-corrected chi connectivity index (χ3v) is 5.78. The van der Waals surface area contributed by atoms with Crippen molar-refractivity contribution in [3.05, 3.63) is 48.0 Å². The molecule has 1 N–H and O–H groups in total. The molecule has 170 valence electrons. The number of carbonyl (C=O) groups is 2. The predicted octanol–water partition coefficient (Wildman–Crippen LogP) is 1.79. The van der Waals surface area contributed by atoms with Crippen LogP contribution < -0.4 is 19.1 Å². The lowest BCUT2D eigenvalue weighted by atomic mass is 10.1. The van der Waals surface area contributed by atoms with Crippen LogP contribution in [0.25, 0.3) is 0 Å². The Morgan fingerprint density at radius 3 is 2.66 bits per heavy atom. The number of hydrogen-bond donors (Lipinski definition) is 1. The molecule has 0 bridgehead atoms. The molecule has 8 nitrogen and oxygen atoms in total. The van der Waals surface area contributed by atoms with Gasteiger partial charge in [-0.15, -0.1) is 0 Å². The molecule has 0 aromatic heterocycles. The molecule has 2 aliphatic heterocycles. The van der Waals surface area contributed by atoms with Crippen molar-refractivity contribution in [1.82, 2.24) is 4.90 Å². The van der Waals surface area contributed by atoms with Crippen molar-refractivity contribution in [2.75, 3.05) is 51.3 Å². The standard InChI is InChI=1S/C24H28N2O6/c1-16(27)24-23(29)19-8-7-18(13-22(19)32-24)31-15-17(28)14-25-9-11-26(12-10-25)20-5-3-4-6-21(20)30-2/h3-8,13,17,24,28H,9-12,14-15H2,1-2H3. The van der Waals surface area contributed by atoms with E-state index in [1.807, 2.05) is 18.2 Å². The van der Waals surface area contributed by atoms with Crippen LogP contribution in [-0.4, -0.2) is 80.2 Å². The van der Waals surface area contributed by atoms with Gasteiger partial charge in [0.1, 0.15) is 30.0 Å². The molecule has 0 saturated carbocycles. The minimum atomic E-state index is -1.07. The van der Waals surface area contributed by atoms with E-state index in [0.717, 1.165) is 37.6 Å². The second kappa shape index (κ2) is 9.58. The molecule has 0 radical (unpaired) electrons. The van der Waals surface area contributed by atoms with Crippen LogP contribution in [0.1, 0.15) is 17.3 Å². The number of benzene rings is 2. The first-order valence-electron chi connectivity index (χ1n) is 10.7. The van der Waals surface area contributed by atoms with Crippen molar-refractivity contribution in [2.45, 2.75) is 19.1 Å². The van der Waals surface area contributed by atoms with E-state index in [1.54, 1.807) is 25.3 Å². The van der Waals surface area contributed by atoms with Gasteiger partial charge in [0.2, 0.25) is 11.9 Å². The first-order valence-corrected chi connectivity index (χ1v) is 10.7. The first-order chi connectivity index (χ1) is 15.5. The van der Waals surface area contributed by atoms with Gasteiger partial charge in [0.15, 0.2) is 5.78 Å². The van der Waals surface area contributed by atoms with Crippen LogP contribution in [0.3, 0.4) is 0 Å². The number of piperazine rings is 1. The van der Waals surface area contributed by atoms with Gasteiger partial charge in [-0.05, 0) is 31.2 Å². The fraction of sp³-hybridized carbons (Fsp3) is 0.417. The number of ether oxygens (including phenoxy) is 3. The average molecular weight is 440 g/mol. The molecule has 2 unspecified atom stereocenters. The van der Waals surface area contributed by atoms with E-state index in [2.05, 4.69) is 15.9 Å². The van der Waals surface area contributed by atoms with Gasteiger partial charge in [-0.25, -0.2) is 0 Å². The summed E-state index contributed by atoms with van der Waals surface area (Å²) in [6.07, 6.45) is -1.73. The number of β-amino-alcohol motifs (C(OH)–C–C–N with tert-alkyl or cyclic N) is 1. The number of anilines is 1. The summed E-state index contributed by atoms with van der Waals surface area (Å²) in [7, 11) is 1.68. The number of carbonyl (C=O) groups excluding carboxylic acids is 2. The predicted molar refractivity (Wildman–Crippen MR) is 119 cm³/mol. The summed E-state index contributed by atoms with van der Waals surface area (Å²) in [5.41, 5.74) is 1.47. The lowest BCUT2D eigenvalue weighted by Crippen LogP contribution is -2.49. The molecular weight excluding hydrogens is 412 g/mol. The average Bonchev–Trinajstić information content (AvgIpc) is 3.14. The number of aliphatic hydroxyl groups excluding tert-OH is 1. The summed E-state index contributed by atoms with van der Waals surface area (Å²) in [5, 5.41) is 10.4. The molecule has 0 aliphatic carbocycles. The second-order valence-electron chi connectivity index (χ2n) is 8.06. The Labute approximate surface area is 187 Å². The Hall–Kier alpha value is -3.10. The molecule has 4 rings (SSSR count). The van der Waals surface area contributed by atoms with Crippen LogP contribution in [0.4, 0.5) is 5.69 Å². The minimum absolute atomic E-state index is 0.121. The van der Waals surface area contributed by atoms with Crippen molar-refractivity contribution >= 4 is 17.3 Å². The van der Waals surface area contributed by atoms with E-state index >= 15 is 0 Å². The van der Waals surface area contributed by atoms with Crippen LogP contribution in [0.2, 0.25) is 0 Å². The molecule has 2 atom stereocenters. The highest BCUT2D eigenvalue weighted by molar-refractivity contribution is 6.16. The summed E-state index contributed by atoms with van der Waals surface area (Å²) >= 11 is 0. The number of fused-ring (bicyclic) bond motifs is 1. The van der Waals surface area contributed by atoms with E-state index in [0.29, 0.717) is 23.6 Å². The minimum Gasteiger partial charge on any atom is -0.495 e. The number of hydrogen-bond acceptors (Lipinski definition) is 8. The highest BCUT2D eigenvalue weighted by atomic mass is 16.5. The molecule has 0 amide bonds. The van der Waals surface area contributed by atoms with Gasteiger partial charge in [-0.3, -0.25) is 14.5 Å². The summed E-state index contributed by atoms with van der Waals surface area (Å²) in [5.74, 6) is 1.04. The maximum absolute atomic E-state index is 12.1. The van der Waals surface area contributed by atoms with Crippen molar-refractivity contribution in [3.63, 3.8) is 0 Å². The number of aliphatic hydroxyl groups is 1. The zero-order valence-electron chi connectivity index (χ0n) is 18.3. The van der Waals surface area contributed by atoms with Gasteiger partial charge in [0, 0.05) is 38.8 Å². The zero-order chi connectivity index (χ0) is 22.7. The lowest BCUT2D eigenvalue weighted by molar-refractivity contribution is -0.121. The Kier molecular flexibility index (Phi) is 6.62. The Morgan fingerprint density at radius 1 is 1.19 bits per heavy atom. The van der Waals surface area contributed by atoms with Crippen LogP contribution >= 0.6 is 0 Å². The monoisotopic (exact) mass is 440 g/mol. The van der Waals surface area contributed by atoms with Crippen molar-refractivity contribution in [2.24, 2.45) is 0 Å². The fourth-order valence-electron chi connectivity index (χ4n) is 4.09. The number of nitrogens with zero attached hydrogens (tertiary/aromatic N) is 2. The van der Waals surface area contributed by atoms with E-state index in [4.69, 9.17) is 14.2 Å². The summed E-state index contributed by atoms with van der Waals surface area (Å²) in [4.78, 5) is 28.2. The highest BCUT2D eigenvalue weighted by Gasteiger charge is 2.35. The van der Waals surface area contributed by atoms with E-state index in [1.165, 1.54) is 6.92 Å². The quantitative estimate of drug-likeness (QED) is 0.622. The largest absolute Gasteiger partial charge is 0.495 e. The van der Waals surface area contributed by atoms with Gasteiger partial charge < -0.3 is 24.2 Å². The molecule has 8 heteroatoms. The van der Waals surface area contributed by atoms with Gasteiger partial charge in [-0.1, -0.05) is 12.1 Å². The molecule has 32 heavy (non-hydrogen) atoms. The van der Waals surface area contributed by atoms with Gasteiger partial charge >= 0.3 is 0 Å². The van der Waals surface area contributed by atoms with Crippen LogP contribution in [0, 0.1) is 0 Å². The molecule has 2 aromatic rings. The van der Waals surface area contributed by atoms with Crippen LogP contribution in [-0.2, 0) is 4.79 Å². The summed E-state index contributed by atoms with van der Waals surface area (Å²) in [6, 6.07) is 12.8. The molecule has 0 spiro atoms. The van der Waals surface area contributed by atoms with E-state index < -0.39 is 12.2 Å². The number of para-hydroxylation sites is 2. The van der Waals surface area contributed by atoms with Crippen molar-refractivity contribution in [1.29, 1.82) is 0 Å². The molecular formula is C24H28N2O6. The van der Waals surface area contributed by atoms with Gasteiger partial charge in [-0.2, -0.15) is 0 Å². The topological polar surface area (TPSA) is 88.5 Å². The van der Waals surface area contributed by atoms with E-state index in [9.17, 15) is 14.7 Å². The van der Waals surface area contributed by atoms with Crippen LogP contribution in [0.5, 0.6) is 17.2 Å². The fourth-order valence-corrected chi connectivity index (χ4v) is 4.09. The number of methoxy groups -OCH3 is 1. The highest BCUT2D eigenvalue weighted by Crippen LogP contribution is 2.33. The molecule has 1 saturated heterocycles. The van der Waals surface area contributed by atoms with Gasteiger partial charge in [0.05, 0.1) is 18.4 Å². The maximum Gasteiger partial charge on any atom is 0.219 e. The molecule has 2 heterocycles. The lowest BCUT2D eigenvalue weighted by Gasteiger charge is -2.37. The summed E-state index contributed by atoms with van der Waals surface area (Å²) < 4.78 is 16.6. The molecule has 2 aliphatic rings. The zero-order valence-corrected chi connectivity index (χ0v) is 18.3. The molecule has 2 aromatic carbocycles. The van der Waals surface area contributed by atoms with Crippen molar-refractivity contribution in [3.8, 4) is 17.2 Å². The van der Waals surface area contributed by atoms with Crippen LogP contribution in [0.15, 0.2) is 42.5 Å². The number of ketones is 2. The SMILES string of the molecule is COc1ccccc1N1CCN(CC(O)COc2ccc3c(c2)OC(C(C)=O)C3=O)CC1. The van der Waals surface area contributed by atoms with E-state index in [-0.39, 0.29) is 18.2 Å². The van der Waals surface area contributed by atoms with Crippen molar-refractivity contribution < 1.29 is 28.9 Å². The molecule has 1 fully saturated rings. The first kappa shape index (κ1) is 22.1. The number of Topliss-reactive ketones (excluding diaryl/α,β-unsaturated/α-hetero) is 2. The normalized spacial score (nSPS) is 19.3. The maximum atomic E-state index is 12.1. The number of rotatable bonds is 8. The third kappa shape index (κ3) is 4.71. The Balaban J connectivity index is 1.25. The summed E-state index contributed by atoms with van der Waals surface area (Å²) in [6.45, 7) is 5.32. The Morgan fingerprint density at radius 2 is 1.94 bits per heavy atom. The second-order valence-corrected chi connectivity index (χ2v) is 8.06. The Bertz CT molecular complexity index is 986. The third-order valence-electron chi connectivity index (χ3n) is 5.78. The van der Waals surface area contributed by atoms with Gasteiger partial charge in [0.25, 0.3) is 0 Å².